The lowest BCUT2D eigenvalue weighted by molar-refractivity contribution is 0.338. The van der Waals surface area contributed by atoms with Crippen molar-refractivity contribution in [2.75, 3.05) is 11.9 Å². The van der Waals surface area contributed by atoms with Crippen molar-refractivity contribution >= 4 is 5.69 Å². The first-order valence-electron chi connectivity index (χ1n) is 7.56. The summed E-state index contributed by atoms with van der Waals surface area (Å²) in [4.78, 5) is 0. The number of nitrogens with two attached hydrogens (primary N) is 1. The molecule has 2 heteroatoms. The molecule has 0 spiro atoms. The minimum absolute atomic E-state index is 0.193. The lowest BCUT2D eigenvalue weighted by Gasteiger charge is -2.28. The molecule has 1 aromatic carbocycles. The van der Waals surface area contributed by atoms with Crippen LogP contribution in [0.1, 0.15) is 52.0 Å². The fourth-order valence-corrected chi connectivity index (χ4v) is 2.94. The number of para-hydroxylation sites is 1. The maximum absolute atomic E-state index is 5.97. The van der Waals surface area contributed by atoms with E-state index in [0.717, 1.165) is 12.5 Å². The maximum Gasteiger partial charge on any atom is 0.0378 e. The first-order chi connectivity index (χ1) is 8.97. The van der Waals surface area contributed by atoms with Crippen LogP contribution in [-0.2, 0) is 5.41 Å². The smallest absolute Gasteiger partial charge is 0.0378 e. The topological polar surface area (TPSA) is 38.0 Å². The molecule has 2 rings (SSSR count). The largest absolute Gasteiger partial charge is 0.385 e. The molecular formula is C17H28N2. The number of hydrogen-bond donors (Lipinski definition) is 2. The second-order valence-corrected chi connectivity index (χ2v) is 6.96. The number of nitrogens with one attached hydrogen (secondary N) is 1. The van der Waals surface area contributed by atoms with Crippen LogP contribution in [0.5, 0.6) is 0 Å². The first kappa shape index (κ1) is 14.4. The minimum Gasteiger partial charge on any atom is -0.385 e. The van der Waals surface area contributed by atoms with Gasteiger partial charge < -0.3 is 11.1 Å². The number of benzene rings is 1. The van der Waals surface area contributed by atoms with Crippen LogP contribution in [0.15, 0.2) is 24.3 Å². The fourth-order valence-electron chi connectivity index (χ4n) is 2.94. The van der Waals surface area contributed by atoms with Crippen molar-refractivity contribution in [3.63, 3.8) is 0 Å². The van der Waals surface area contributed by atoms with Gasteiger partial charge in [-0.15, -0.1) is 0 Å². The normalized spacial score (nSPS) is 24.2. The highest BCUT2D eigenvalue weighted by atomic mass is 14.9. The summed E-state index contributed by atoms with van der Waals surface area (Å²) in [7, 11) is 0. The molecule has 0 heterocycles. The van der Waals surface area contributed by atoms with E-state index in [0.29, 0.717) is 6.04 Å². The van der Waals surface area contributed by atoms with Crippen molar-refractivity contribution in [2.24, 2.45) is 11.7 Å². The van der Waals surface area contributed by atoms with Gasteiger partial charge in [-0.1, -0.05) is 39.0 Å². The first-order valence-corrected chi connectivity index (χ1v) is 7.56. The van der Waals surface area contributed by atoms with E-state index in [9.17, 15) is 0 Å². The van der Waals surface area contributed by atoms with Gasteiger partial charge in [0.25, 0.3) is 0 Å². The molecule has 0 saturated heterocycles. The molecule has 1 fully saturated rings. The number of anilines is 1. The lowest BCUT2D eigenvalue weighted by atomic mass is 9.84. The summed E-state index contributed by atoms with van der Waals surface area (Å²) in [6, 6.07) is 9.13. The summed E-state index contributed by atoms with van der Waals surface area (Å²) in [6.45, 7) is 7.90. The highest BCUT2D eigenvalue weighted by Crippen LogP contribution is 2.30. The quantitative estimate of drug-likeness (QED) is 0.864. The van der Waals surface area contributed by atoms with E-state index in [4.69, 9.17) is 5.73 Å². The summed E-state index contributed by atoms with van der Waals surface area (Å²) in [5.74, 6) is 0.785. The Morgan fingerprint density at radius 2 is 1.74 bits per heavy atom. The summed E-state index contributed by atoms with van der Waals surface area (Å²) in [5, 5.41) is 3.66. The second-order valence-electron chi connectivity index (χ2n) is 6.96. The molecule has 0 aliphatic heterocycles. The van der Waals surface area contributed by atoms with E-state index in [2.05, 4.69) is 50.4 Å². The molecule has 1 saturated carbocycles. The molecule has 0 aromatic heterocycles. The van der Waals surface area contributed by atoms with Crippen molar-refractivity contribution in [3.05, 3.63) is 29.8 Å². The molecule has 3 N–H and O–H groups in total. The van der Waals surface area contributed by atoms with Gasteiger partial charge in [-0.2, -0.15) is 0 Å². The summed E-state index contributed by atoms with van der Waals surface area (Å²) >= 11 is 0. The Balaban J connectivity index is 1.96. The van der Waals surface area contributed by atoms with Crippen LogP contribution in [-0.4, -0.2) is 12.6 Å². The van der Waals surface area contributed by atoms with Crippen molar-refractivity contribution in [1.82, 2.24) is 0 Å². The molecule has 0 amide bonds. The SMILES string of the molecule is CC(C)(C)c1ccccc1NCC1CCC(N)CC1. The molecule has 1 aliphatic carbocycles. The average Bonchev–Trinajstić information content (AvgIpc) is 2.37. The van der Waals surface area contributed by atoms with Gasteiger partial charge in [0.1, 0.15) is 0 Å². The van der Waals surface area contributed by atoms with E-state index in [1.54, 1.807) is 0 Å². The molecule has 19 heavy (non-hydrogen) atoms. The molecule has 106 valence electrons. The number of hydrogen-bond acceptors (Lipinski definition) is 2. The van der Waals surface area contributed by atoms with Gasteiger partial charge >= 0.3 is 0 Å². The molecule has 0 radical (unpaired) electrons. The van der Waals surface area contributed by atoms with Gasteiger partial charge in [0.2, 0.25) is 0 Å². The van der Waals surface area contributed by atoms with Crippen LogP contribution in [0.3, 0.4) is 0 Å². The van der Waals surface area contributed by atoms with Crippen LogP contribution in [0.4, 0.5) is 5.69 Å². The molecule has 2 nitrogen and oxygen atoms in total. The van der Waals surface area contributed by atoms with Crippen LogP contribution >= 0.6 is 0 Å². The monoisotopic (exact) mass is 260 g/mol. The average molecular weight is 260 g/mol. The minimum atomic E-state index is 0.193. The molecule has 1 aromatic rings. The Labute approximate surface area is 117 Å². The van der Waals surface area contributed by atoms with Crippen LogP contribution in [0, 0.1) is 5.92 Å². The van der Waals surface area contributed by atoms with Crippen molar-refractivity contribution < 1.29 is 0 Å². The third-order valence-electron chi connectivity index (χ3n) is 4.21. The van der Waals surface area contributed by atoms with Gasteiger partial charge in [0.05, 0.1) is 0 Å². The maximum atomic E-state index is 5.97. The zero-order valence-electron chi connectivity index (χ0n) is 12.6. The summed E-state index contributed by atoms with van der Waals surface area (Å²) < 4.78 is 0. The van der Waals surface area contributed by atoms with E-state index >= 15 is 0 Å². The van der Waals surface area contributed by atoms with Crippen LogP contribution in [0.2, 0.25) is 0 Å². The van der Waals surface area contributed by atoms with Crippen LogP contribution < -0.4 is 11.1 Å². The Bertz CT molecular complexity index is 398. The van der Waals surface area contributed by atoms with E-state index in [1.165, 1.54) is 36.9 Å². The predicted octanol–water partition coefficient (Wildman–Crippen LogP) is 3.91. The van der Waals surface area contributed by atoms with Crippen molar-refractivity contribution in [3.8, 4) is 0 Å². The predicted molar refractivity (Wildman–Crippen MR) is 83.6 cm³/mol. The van der Waals surface area contributed by atoms with E-state index < -0.39 is 0 Å². The van der Waals surface area contributed by atoms with Crippen molar-refractivity contribution in [2.45, 2.75) is 57.9 Å². The molecule has 1 aliphatic rings. The van der Waals surface area contributed by atoms with Gasteiger partial charge in [0, 0.05) is 18.3 Å². The molecule has 0 unspecified atom stereocenters. The molecular weight excluding hydrogens is 232 g/mol. The third kappa shape index (κ3) is 3.97. The number of rotatable bonds is 3. The van der Waals surface area contributed by atoms with Gasteiger partial charge in [-0.25, -0.2) is 0 Å². The Hall–Kier alpha value is -1.02. The Kier molecular flexibility index (Phi) is 4.51. The standard InChI is InChI=1S/C17H28N2/c1-17(2,3)15-6-4-5-7-16(15)19-12-13-8-10-14(18)11-9-13/h4-7,13-14,19H,8-12,18H2,1-3H3. The van der Waals surface area contributed by atoms with E-state index in [-0.39, 0.29) is 5.41 Å². The molecule has 0 bridgehead atoms. The lowest BCUT2D eigenvalue weighted by Crippen LogP contribution is -2.29. The van der Waals surface area contributed by atoms with Crippen molar-refractivity contribution in [1.29, 1.82) is 0 Å². The highest BCUT2D eigenvalue weighted by Gasteiger charge is 2.20. The Morgan fingerprint density at radius 1 is 1.11 bits per heavy atom. The highest BCUT2D eigenvalue weighted by molar-refractivity contribution is 5.54. The van der Waals surface area contributed by atoms with Gasteiger partial charge in [-0.05, 0) is 48.6 Å². The second kappa shape index (κ2) is 5.96. The van der Waals surface area contributed by atoms with Gasteiger partial charge in [-0.3, -0.25) is 0 Å². The third-order valence-corrected chi connectivity index (χ3v) is 4.21. The van der Waals surface area contributed by atoms with Crippen LogP contribution in [0.25, 0.3) is 0 Å². The summed E-state index contributed by atoms with van der Waals surface area (Å²) in [5.41, 5.74) is 8.86. The summed E-state index contributed by atoms with van der Waals surface area (Å²) in [6.07, 6.45) is 4.91. The zero-order valence-corrected chi connectivity index (χ0v) is 12.6. The zero-order chi connectivity index (χ0) is 13.9. The van der Waals surface area contributed by atoms with E-state index in [1.807, 2.05) is 0 Å². The Morgan fingerprint density at radius 3 is 2.37 bits per heavy atom. The van der Waals surface area contributed by atoms with Gasteiger partial charge in [0.15, 0.2) is 0 Å². The fraction of sp³-hybridized carbons (Fsp3) is 0.647. The molecule has 0 atom stereocenters.